The van der Waals surface area contributed by atoms with Gasteiger partial charge >= 0.3 is 0 Å². The molecule has 0 saturated heterocycles. The van der Waals surface area contributed by atoms with Crippen LogP contribution in [0.5, 0.6) is 0 Å². The topological polar surface area (TPSA) is 15.3 Å². The van der Waals surface area contributed by atoms with E-state index in [1.807, 2.05) is 45.3 Å². The van der Waals surface area contributed by atoms with Gasteiger partial charge in [0.25, 0.3) is 0 Å². The quantitative estimate of drug-likeness (QED) is 0.897. The number of benzene rings is 2. The predicted octanol–water partition coefficient (Wildman–Crippen LogP) is 3.81. The molecule has 2 rings (SSSR count). The third-order valence-corrected chi connectivity index (χ3v) is 3.17. The van der Waals surface area contributed by atoms with Gasteiger partial charge in [-0.05, 0) is 42.3 Å². The molecule has 0 saturated carbocycles. The van der Waals surface area contributed by atoms with Gasteiger partial charge in [0.1, 0.15) is 5.82 Å². The number of rotatable bonds is 4. The standard InChI is InChI=1S/C16H19FN2/c1-12-8-9-14(17)10-13(12)11-18-15-6-4-5-7-16(15)19(2)3/h4-10,18H,11H2,1-3H3. The zero-order chi connectivity index (χ0) is 13.8. The van der Waals surface area contributed by atoms with Gasteiger partial charge in [-0.1, -0.05) is 18.2 Å². The highest BCUT2D eigenvalue weighted by Crippen LogP contribution is 2.24. The van der Waals surface area contributed by atoms with Crippen LogP contribution in [0.25, 0.3) is 0 Å². The Bertz CT molecular complexity index is 564. The Labute approximate surface area is 113 Å². The predicted molar refractivity (Wildman–Crippen MR) is 79.2 cm³/mol. The molecule has 0 spiro atoms. The average Bonchev–Trinajstić information content (AvgIpc) is 2.40. The van der Waals surface area contributed by atoms with Gasteiger partial charge in [-0.25, -0.2) is 4.39 Å². The number of nitrogens with zero attached hydrogens (tertiary/aromatic N) is 1. The molecule has 0 aliphatic heterocycles. The van der Waals surface area contributed by atoms with E-state index in [-0.39, 0.29) is 5.82 Å². The molecule has 100 valence electrons. The Morgan fingerprint density at radius 2 is 1.84 bits per heavy atom. The van der Waals surface area contributed by atoms with Crippen LogP contribution in [0, 0.1) is 12.7 Å². The summed E-state index contributed by atoms with van der Waals surface area (Å²) in [5.41, 5.74) is 4.25. The molecule has 0 aliphatic rings. The minimum absolute atomic E-state index is 0.191. The number of hydrogen-bond acceptors (Lipinski definition) is 2. The van der Waals surface area contributed by atoms with Crippen LogP contribution in [-0.4, -0.2) is 14.1 Å². The lowest BCUT2D eigenvalue weighted by Gasteiger charge is -2.18. The molecule has 0 atom stereocenters. The largest absolute Gasteiger partial charge is 0.379 e. The summed E-state index contributed by atoms with van der Waals surface area (Å²) in [6.07, 6.45) is 0. The van der Waals surface area contributed by atoms with E-state index in [0.29, 0.717) is 6.54 Å². The van der Waals surface area contributed by atoms with Crippen molar-refractivity contribution in [1.29, 1.82) is 0 Å². The summed E-state index contributed by atoms with van der Waals surface area (Å²) in [6.45, 7) is 2.61. The van der Waals surface area contributed by atoms with Crippen molar-refractivity contribution >= 4 is 11.4 Å². The first kappa shape index (κ1) is 13.4. The molecule has 1 N–H and O–H groups in total. The number of para-hydroxylation sites is 2. The van der Waals surface area contributed by atoms with E-state index in [4.69, 9.17) is 0 Å². The van der Waals surface area contributed by atoms with E-state index < -0.39 is 0 Å². The highest BCUT2D eigenvalue weighted by Gasteiger charge is 2.05. The molecule has 0 heterocycles. The van der Waals surface area contributed by atoms with Gasteiger partial charge in [0.2, 0.25) is 0 Å². The van der Waals surface area contributed by atoms with Gasteiger partial charge in [0.15, 0.2) is 0 Å². The van der Waals surface area contributed by atoms with Gasteiger partial charge in [-0.15, -0.1) is 0 Å². The average molecular weight is 258 g/mol. The SMILES string of the molecule is Cc1ccc(F)cc1CNc1ccccc1N(C)C. The normalized spacial score (nSPS) is 10.3. The molecule has 0 aliphatic carbocycles. The summed E-state index contributed by atoms with van der Waals surface area (Å²) in [4.78, 5) is 2.06. The number of nitrogens with one attached hydrogen (secondary N) is 1. The maximum Gasteiger partial charge on any atom is 0.123 e. The summed E-state index contributed by atoms with van der Waals surface area (Å²) in [5.74, 6) is -0.191. The Kier molecular flexibility index (Phi) is 4.05. The van der Waals surface area contributed by atoms with Crippen molar-refractivity contribution in [3.05, 3.63) is 59.4 Å². The monoisotopic (exact) mass is 258 g/mol. The van der Waals surface area contributed by atoms with Crippen molar-refractivity contribution in [1.82, 2.24) is 0 Å². The molecule has 0 unspecified atom stereocenters. The van der Waals surface area contributed by atoms with E-state index >= 15 is 0 Å². The van der Waals surface area contributed by atoms with Gasteiger partial charge in [-0.3, -0.25) is 0 Å². The molecule has 0 amide bonds. The van der Waals surface area contributed by atoms with E-state index in [9.17, 15) is 4.39 Å². The molecule has 2 aromatic rings. The number of anilines is 2. The Balaban J connectivity index is 2.17. The first-order valence-corrected chi connectivity index (χ1v) is 6.33. The summed E-state index contributed by atoms with van der Waals surface area (Å²) in [6, 6.07) is 13.0. The molecule has 0 fully saturated rings. The summed E-state index contributed by atoms with van der Waals surface area (Å²) in [5, 5.41) is 3.37. The third-order valence-electron chi connectivity index (χ3n) is 3.17. The van der Waals surface area contributed by atoms with Crippen LogP contribution in [0.15, 0.2) is 42.5 Å². The number of halogens is 1. The first-order chi connectivity index (χ1) is 9.08. The van der Waals surface area contributed by atoms with Crippen molar-refractivity contribution < 1.29 is 4.39 Å². The molecule has 19 heavy (non-hydrogen) atoms. The highest BCUT2D eigenvalue weighted by molar-refractivity contribution is 5.69. The maximum atomic E-state index is 13.2. The van der Waals surface area contributed by atoms with Crippen LogP contribution < -0.4 is 10.2 Å². The van der Waals surface area contributed by atoms with Crippen molar-refractivity contribution in [3.63, 3.8) is 0 Å². The zero-order valence-corrected chi connectivity index (χ0v) is 11.6. The van der Waals surface area contributed by atoms with Crippen molar-refractivity contribution in [2.24, 2.45) is 0 Å². The summed E-state index contributed by atoms with van der Waals surface area (Å²) >= 11 is 0. The van der Waals surface area contributed by atoms with Crippen LogP contribution >= 0.6 is 0 Å². The fourth-order valence-corrected chi connectivity index (χ4v) is 2.03. The van der Waals surface area contributed by atoms with Crippen molar-refractivity contribution in [3.8, 4) is 0 Å². The molecular formula is C16H19FN2. The lowest BCUT2D eigenvalue weighted by Crippen LogP contribution is -2.12. The van der Waals surface area contributed by atoms with Crippen LogP contribution in [0.4, 0.5) is 15.8 Å². The van der Waals surface area contributed by atoms with Gasteiger partial charge in [-0.2, -0.15) is 0 Å². The van der Waals surface area contributed by atoms with Crippen molar-refractivity contribution in [2.45, 2.75) is 13.5 Å². The highest BCUT2D eigenvalue weighted by atomic mass is 19.1. The van der Waals surface area contributed by atoms with E-state index in [1.54, 1.807) is 6.07 Å². The molecule has 2 nitrogen and oxygen atoms in total. The van der Waals surface area contributed by atoms with E-state index in [1.165, 1.54) is 6.07 Å². The fraction of sp³-hybridized carbons (Fsp3) is 0.250. The number of aryl methyl sites for hydroxylation is 1. The van der Waals surface area contributed by atoms with Crippen LogP contribution in [-0.2, 0) is 6.54 Å². The smallest absolute Gasteiger partial charge is 0.123 e. The molecule has 3 heteroatoms. The van der Waals surface area contributed by atoms with Crippen LogP contribution in [0.2, 0.25) is 0 Å². The third kappa shape index (κ3) is 3.25. The second kappa shape index (κ2) is 5.74. The molecule has 0 radical (unpaired) electrons. The minimum atomic E-state index is -0.191. The Morgan fingerprint density at radius 1 is 1.11 bits per heavy atom. The lowest BCUT2D eigenvalue weighted by atomic mass is 10.1. The minimum Gasteiger partial charge on any atom is -0.379 e. The second-order valence-corrected chi connectivity index (χ2v) is 4.84. The van der Waals surface area contributed by atoms with Gasteiger partial charge < -0.3 is 10.2 Å². The fourth-order valence-electron chi connectivity index (χ4n) is 2.03. The first-order valence-electron chi connectivity index (χ1n) is 6.33. The van der Waals surface area contributed by atoms with E-state index in [0.717, 1.165) is 22.5 Å². The van der Waals surface area contributed by atoms with Crippen LogP contribution in [0.1, 0.15) is 11.1 Å². The zero-order valence-electron chi connectivity index (χ0n) is 11.6. The van der Waals surface area contributed by atoms with Crippen LogP contribution in [0.3, 0.4) is 0 Å². The second-order valence-electron chi connectivity index (χ2n) is 4.84. The van der Waals surface area contributed by atoms with E-state index in [2.05, 4.69) is 16.3 Å². The molecule has 0 bridgehead atoms. The number of hydrogen-bond donors (Lipinski definition) is 1. The molecular weight excluding hydrogens is 239 g/mol. The lowest BCUT2D eigenvalue weighted by molar-refractivity contribution is 0.625. The maximum absolute atomic E-state index is 13.2. The van der Waals surface area contributed by atoms with Gasteiger partial charge in [0, 0.05) is 20.6 Å². The van der Waals surface area contributed by atoms with Crippen molar-refractivity contribution in [2.75, 3.05) is 24.3 Å². The van der Waals surface area contributed by atoms with Gasteiger partial charge in [0.05, 0.1) is 11.4 Å². The Hall–Kier alpha value is -2.03. The molecule has 0 aromatic heterocycles. The molecule has 2 aromatic carbocycles. The Morgan fingerprint density at radius 3 is 2.58 bits per heavy atom. The summed E-state index contributed by atoms with van der Waals surface area (Å²) in [7, 11) is 4.02. The summed E-state index contributed by atoms with van der Waals surface area (Å²) < 4.78 is 13.2.